The number of carbonyl (C=O) groups excluding carboxylic acids is 1. The normalized spacial score (nSPS) is 10.1. The van der Waals surface area contributed by atoms with Gasteiger partial charge in [0.15, 0.2) is 0 Å². The molecule has 0 aliphatic carbocycles. The van der Waals surface area contributed by atoms with Crippen molar-refractivity contribution in [3.8, 4) is 10.6 Å². The molecule has 0 unspecified atom stereocenters. The molecule has 1 aromatic carbocycles. The van der Waals surface area contributed by atoms with Crippen LogP contribution < -0.4 is 0 Å². The van der Waals surface area contributed by atoms with E-state index in [0.29, 0.717) is 22.4 Å². The number of aromatic nitrogens is 1. The summed E-state index contributed by atoms with van der Waals surface area (Å²) in [5.41, 5.74) is 0.772. The Hall–Kier alpha value is -1.55. The first-order valence-electron chi connectivity index (χ1n) is 3.96. The fourth-order valence-electron chi connectivity index (χ4n) is 1.13. The van der Waals surface area contributed by atoms with Crippen LogP contribution in [0.1, 0.15) is 10.4 Å². The summed E-state index contributed by atoms with van der Waals surface area (Å²) >= 11 is 1.36. The van der Waals surface area contributed by atoms with Crippen LogP contribution >= 0.6 is 11.3 Å². The number of benzene rings is 1. The number of nitrogens with zero attached hydrogens (tertiary/aromatic N) is 1. The lowest BCUT2D eigenvalue weighted by Crippen LogP contribution is -1.86. The maximum atomic E-state index is 13.4. The van der Waals surface area contributed by atoms with Crippen LogP contribution in [0, 0.1) is 5.82 Å². The summed E-state index contributed by atoms with van der Waals surface area (Å²) in [5, 5.41) is 2.41. The van der Waals surface area contributed by atoms with E-state index in [4.69, 9.17) is 0 Å². The van der Waals surface area contributed by atoms with Crippen molar-refractivity contribution in [1.29, 1.82) is 0 Å². The highest BCUT2D eigenvalue weighted by atomic mass is 32.1. The van der Waals surface area contributed by atoms with E-state index in [1.165, 1.54) is 17.4 Å². The lowest BCUT2D eigenvalue weighted by Gasteiger charge is -1.98. The average Bonchev–Trinajstić information content (AvgIpc) is 2.70. The third kappa shape index (κ3) is 1.56. The summed E-state index contributed by atoms with van der Waals surface area (Å²) in [6, 6.07) is 4.36. The standard InChI is InChI=1S/C10H6FNOS/c11-9-5-7(6-13)1-2-8(9)10-12-3-4-14-10/h1-6H. The zero-order chi connectivity index (χ0) is 9.97. The molecule has 70 valence electrons. The number of hydrogen-bond acceptors (Lipinski definition) is 3. The molecule has 2 rings (SSSR count). The van der Waals surface area contributed by atoms with Gasteiger partial charge in [-0.15, -0.1) is 11.3 Å². The van der Waals surface area contributed by atoms with E-state index in [-0.39, 0.29) is 0 Å². The molecule has 0 radical (unpaired) electrons. The molecule has 0 aliphatic heterocycles. The van der Waals surface area contributed by atoms with Gasteiger partial charge in [-0.25, -0.2) is 9.37 Å². The van der Waals surface area contributed by atoms with Crippen molar-refractivity contribution >= 4 is 17.6 Å². The summed E-state index contributed by atoms with van der Waals surface area (Å²) in [7, 11) is 0. The van der Waals surface area contributed by atoms with Gasteiger partial charge in [0.1, 0.15) is 17.1 Å². The fourth-order valence-corrected chi connectivity index (χ4v) is 1.80. The monoisotopic (exact) mass is 207 g/mol. The second-order valence-electron chi connectivity index (χ2n) is 2.69. The van der Waals surface area contributed by atoms with Crippen molar-refractivity contribution in [2.75, 3.05) is 0 Å². The molecular formula is C10H6FNOS. The molecule has 0 fully saturated rings. The van der Waals surface area contributed by atoms with Gasteiger partial charge in [0, 0.05) is 22.7 Å². The van der Waals surface area contributed by atoms with Gasteiger partial charge in [-0.1, -0.05) is 6.07 Å². The van der Waals surface area contributed by atoms with Crippen molar-refractivity contribution in [2.24, 2.45) is 0 Å². The largest absolute Gasteiger partial charge is 0.298 e. The summed E-state index contributed by atoms with van der Waals surface area (Å²) in [5.74, 6) is -0.412. The van der Waals surface area contributed by atoms with Crippen molar-refractivity contribution < 1.29 is 9.18 Å². The second-order valence-corrected chi connectivity index (χ2v) is 3.59. The van der Waals surface area contributed by atoms with Crippen LogP contribution in [0.25, 0.3) is 10.6 Å². The molecule has 0 amide bonds. The van der Waals surface area contributed by atoms with Crippen molar-refractivity contribution in [2.45, 2.75) is 0 Å². The van der Waals surface area contributed by atoms with E-state index in [2.05, 4.69) is 4.98 Å². The number of thiazole rings is 1. The minimum Gasteiger partial charge on any atom is -0.298 e. The second kappa shape index (κ2) is 3.67. The van der Waals surface area contributed by atoms with Crippen LogP contribution in [-0.4, -0.2) is 11.3 Å². The maximum absolute atomic E-state index is 13.4. The first-order chi connectivity index (χ1) is 6.81. The Labute approximate surface area is 84.0 Å². The number of carbonyl (C=O) groups is 1. The van der Waals surface area contributed by atoms with Gasteiger partial charge in [-0.05, 0) is 12.1 Å². The SMILES string of the molecule is O=Cc1ccc(-c2nccs2)c(F)c1. The van der Waals surface area contributed by atoms with E-state index in [9.17, 15) is 9.18 Å². The highest BCUT2D eigenvalue weighted by Gasteiger charge is 2.07. The molecule has 14 heavy (non-hydrogen) atoms. The minimum atomic E-state index is -0.412. The van der Waals surface area contributed by atoms with Crippen molar-refractivity contribution in [3.63, 3.8) is 0 Å². The molecule has 2 aromatic rings. The van der Waals surface area contributed by atoms with E-state index >= 15 is 0 Å². The van der Waals surface area contributed by atoms with Gasteiger partial charge >= 0.3 is 0 Å². The third-order valence-electron chi connectivity index (χ3n) is 1.79. The lowest BCUT2D eigenvalue weighted by atomic mass is 10.1. The Morgan fingerprint density at radius 3 is 2.86 bits per heavy atom. The molecule has 0 saturated heterocycles. The predicted octanol–water partition coefficient (Wildman–Crippen LogP) is 2.76. The van der Waals surface area contributed by atoms with Gasteiger partial charge in [0.25, 0.3) is 0 Å². The Kier molecular flexibility index (Phi) is 2.37. The molecule has 1 heterocycles. The topological polar surface area (TPSA) is 30.0 Å². The Morgan fingerprint density at radius 2 is 2.29 bits per heavy atom. The Morgan fingerprint density at radius 1 is 1.43 bits per heavy atom. The van der Waals surface area contributed by atoms with Crippen LogP contribution in [0.2, 0.25) is 0 Å². The third-order valence-corrected chi connectivity index (χ3v) is 2.60. The number of rotatable bonds is 2. The van der Waals surface area contributed by atoms with Gasteiger partial charge < -0.3 is 0 Å². The first kappa shape index (κ1) is 9.02. The molecule has 0 saturated carbocycles. The van der Waals surface area contributed by atoms with Crippen LogP contribution in [0.4, 0.5) is 4.39 Å². The molecule has 0 bridgehead atoms. The van der Waals surface area contributed by atoms with Crippen LogP contribution in [-0.2, 0) is 0 Å². The van der Waals surface area contributed by atoms with E-state index < -0.39 is 5.82 Å². The molecule has 1 aromatic heterocycles. The Balaban J connectivity index is 2.51. The molecule has 2 nitrogen and oxygen atoms in total. The van der Waals surface area contributed by atoms with Crippen LogP contribution in [0.5, 0.6) is 0 Å². The quantitative estimate of drug-likeness (QED) is 0.709. The van der Waals surface area contributed by atoms with E-state index in [1.807, 2.05) is 0 Å². The van der Waals surface area contributed by atoms with Gasteiger partial charge in [0.05, 0.1) is 0 Å². The van der Waals surface area contributed by atoms with Crippen LogP contribution in [0.3, 0.4) is 0 Å². The summed E-state index contributed by atoms with van der Waals surface area (Å²) < 4.78 is 13.4. The average molecular weight is 207 g/mol. The molecule has 0 aliphatic rings. The predicted molar refractivity (Wildman–Crippen MR) is 52.9 cm³/mol. The number of hydrogen-bond donors (Lipinski definition) is 0. The number of halogens is 1. The molecule has 0 atom stereocenters. The van der Waals surface area contributed by atoms with Gasteiger partial charge in [0.2, 0.25) is 0 Å². The zero-order valence-corrected chi connectivity index (χ0v) is 7.92. The smallest absolute Gasteiger partial charge is 0.150 e. The van der Waals surface area contributed by atoms with E-state index in [1.54, 1.807) is 23.7 Å². The molecule has 0 spiro atoms. The fraction of sp³-hybridized carbons (Fsp3) is 0. The van der Waals surface area contributed by atoms with Crippen LogP contribution in [0.15, 0.2) is 29.8 Å². The van der Waals surface area contributed by atoms with Crippen molar-refractivity contribution in [1.82, 2.24) is 4.98 Å². The first-order valence-corrected chi connectivity index (χ1v) is 4.84. The Bertz CT molecular complexity index is 453. The number of aldehydes is 1. The zero-order valence-electron chi connectivity index (χ0n) is 7.11. The van der Waals surface area contributed by atoms with Gasteiger partial charge in [-0.3, -0.25) is 4.79 Å². The lowest BCUT2D eigenvalue weighted by molar-refractivity contribution is 0.112. The van der Waals surface area contributed by atoms with E-state index in [0.717, 1.165) is 0 Å². The van der Waals surface area contributed by atoms with Gasteiger partial charge in [-0.2, -0.15) is 0 Å². The minimum absolute atomic E-state index is 0.336. The molecule has 0 N–H and O–H groups in total. The molecular weight excluding hydrogens is 201 g/mol. The van der Waals surface area contributed by atoms with Crippen molar-refractivity contribution in [3.05, 3.63) is 41.2 Å². The molecule has 4 heteroatoms. The maximum Gasteiger partial charge on any atom is 0.150 e. The summed E-state index contributed by atoms with van der Waals surface area (Å²) in [6.45, 7) is 0. The highest BCUT2D eigenvalue weighted by molar-refractivity contribution is 7.13. The summed E-state index contributed by atoms with van der Waals surface area (Å²) in [4.78, 5) is 14.4. The summed E-state index contributed by atoms with van der Waals surface area (Å²) in [6.07, 6.45) is 2.24. The highest BCUT2D eigenvalue weighted by Crippen LogP contribution is 2.24.